The third kappa shape index (κ3) is 2.76. The summed E-state index contributed by atoms with van der Waals surface area (Å²) in [4.78, 5) is 9.63. The Labute approximate surface area is 174 Å². The maximum Gasteiger partial charge on any atom is 0.254 e. The highest BCUT2D eigenvalue weighted by Gasteiger charge is 2.46. The number of benzene rings is 1. The molecule has 154 valence electrons. The van der Waals surface area contributed by atoms with Crippen molar-refractivity contribution in [3.05, 3.63) is 54.5 Å². The molecule has 0 amide bonds. The first-order chi connectivity index (χ1) is 13.7. The molecule has 4 rings (SSSR count). The van der Waals surface area contributed by atoms with E-state index >= 15 is 0 Å². The third-order valence-electron chi connectivity index (χ3n) is 6.38. The van der Waals surface area contributed by atoms with Crippen molar-refractivity contribution in [2.45, 2.75) is 59.3 Å². The van der Waals surface area contributed by atoms with Crippen molar-refractivity contribution in [1.82, 2.24) is 14.1 Å². The van der Waals surface area contributed by atoms with Gasteiger partial charge in [0.15, 0.2) is 6.20 Å². The Kier molecular flexibility index (Phi) is 4.48. The van der Waals surface area contributed by atoms with Crippen LogP contribution in [0.5, 0.6) is 0 Å². The normalized spacial score (nSPS) is 16.8. The lowest BCUT2D eigenvalue weighted by Gasteiger charge is -2.41. The number of aromatic nitrogens is 4. The van der Waals surface area contributed by atoms with Gasteiger partial charge in [0.2, 0.25) is 5.82 Å². The predicted octanol–water partition coefficient (Wildman–Crippen LogP) is 4.17. The average Bonchev–Trinajstić information content (AvgIpc) is 3.30. The molecule has 0 unspecified atom stereocenters. The number of fused-ring (bicyclic) bond motifs is 1. The van der Waals surface area contributed by atoms with Gasteiger partial charge in [0.05, 0.1) is 30.0 Å². The van der Waals surface area contributed by atoms with Crippen molar-refractivity contribution in [1.29, 1.82) is 0 Å². The molecule has 0 fully saturated rings. The van der Waals surface area contributed by atoms with Crippen LogP contribution in [0.1, 0.15) is 52.3 Å². The smallest absolute Gasteiger partial charge is 0.254 e. The fourth-order valence-electron chi connectivity index (χ4n) is 4.93. The minimum atomic E-state index is -0.267. The highest BCUT2D eigenvalue weighted by atomic mass is 15.5. The molecule has 2 aromatic heterocycles. The Bertz CT molecular complexity index is 1040. The van der Waals surface area contributed by atoms with Gasteiger partial charge in [-0.05, 0) is 46.8 Å². The number of anilines is 3. The molecule has 0 radical (unpaired) electrons. The Morgan fingerprint density at radius 3 is 2.31 bits per heavy atom. The molecule has 0 spiro atoms. The molecule has 1 aliphatic rings. The van der Waals surface area contributed by atoms with Gasteiger partial charge in [0.1, 0.15) is 12.0 Å². The maximum atomic E-state index is 4.69. The van der Waals surface area contributed by atoms with E-state index in [1.54, 1.807) is 0 Å². The topological polar surface area (TPSA) is 33.1 Å². The van der Waals surface area contributed by atoms with Crippen molar-refractivity contribution >= 4 is 17.2 Å². The molecule has 1 aliphatic heterocycles. The predicted molar refractivity (Wildman–Crippen MR) is 117 cm³/mol. The number of nitrogens with zero attached hydrogens (tertiary/aromatic N) is 6. The van der Waals surface area contributed by atoms with Gasteiger partial charge < -0.3 is 9.47 Å². The molecule has 0 saturated heterocycles. The second-order valence-electron chi connectivity index (χ2n) is 8.88. The van der Waals surface area contributed by atoms with Crippen LogP contribution >= 0.6 is 0 Å². The summed E-state index contributed by atoms with van der Waals surface area (Å²) in [5.74, 6) is 3.51. The molecular weight excluding hydrogens is 360 g/mol. The van der Waals surface area contributed by atoms with Crippen LogP contribution in [0.3, 0.4) is 0 Å². The zero-order valence-electron chi connectivity index (χ0n) is 18.9. The first-order valence-corrected chi connectivity index (χ1v) is 10.4. The van der Waals surface area contributed by atoms with Crippen molar-refractivity contribution in [3.8, 4) is 0 Å². The Morgan fingerprint density at radius 1 is 1.10 bits per heavy atom. The minimum absolute atomic E-state index is 0.146. The van der Waals surface area contributed by atoms with Gasteiger partial charge >= 0.3 is 0 Å². The van der Waals surface area contributed by atoms with Gasteiger partial charge in [-0.15, -0.1) is 0 Å². The van der Waals surface area contributed by atoms with Crippen molar-refractivity contribution in [2.75, 3.05) is 9.80 Å². The highest BCUT2D eigenvalue weighted by molar-refractivity contribution is 5.83. The monoisotopic (exact) mass is 393 g/mol. The second kappa shape index (κ2) is 6.65. The molecule has 0 saturated carbocycles. The fraction of sp³-hybridized carbons (Fsp3) is 0.478. The van der Waals surface area contributed by atoms with Gasteiger partial charge in [-0.1, -0.05) is 12.1 Å². The van der Waals surface area contributed by atoms with E-state index in [1.807, 2.05) is 12.4 Å². The van der Waals surface area contributed by atoms with E-state index in [1.165, 1.54) is 23.0 Å². The van der Waals surface area contributed by atoms with Crippen LogP contribution in [0.2, 0.25) is 0 Å². The van der Waals surface area contributed by atoms with Crippen LogP contribution in [-0.2, 0) is 19.6 Å². The SMILES string of the molecule is Cc1n(C)c(N2c3ccccc3N(C(C)(C)c3nccn3C)[C@@H]2C)c[n+]1C(C)C. The van der Waals surface area contributed by atoms with E-state index in [-0.39, 0.29) is 11.7 Å². The first kappa shape index (κ1) is 19.6. The van der Waals surface area contributed by atoms with E-state index in [9.17, 15) is 0 Å². The minimum Gasteiger partial charge on any atom is -0.337 e. The lowest BCUT2D eigenvalue weighted by Crippen LogP contribution is -2.50. The summed E-state index contributed by atoms with van der Waals surface area (Å²) >= 11 is 0. The number of rotatable bonds is 4. The zero-order valence-corrected chi connectivity index (χ0v) is 18.9. The largest absolute Gasteiger partial charge is 0.337 e. The zero-order chi connectivity index (χ0) is 21.1. The van der Waals surface area contributed by atoms with Gasteiger partial charge in [-0.3, -0.25) is 4.90 Å². The van der Waals surface area contributed by atoms with Crippen LogP contribution in [0, 0.1) is 6.92 Å². The molecular formula is C23H33N6+. The highest BCUT2D eigenvalue weighted by Crippen LogP contribution is 2.48. The first-order valence-electron chi connectivity index (χ1n) is 10.4. The summed E-state index contributed by atoms with van der Waals surface area (Å²) in [5, 5.41) is 0. The molecule has 3 aromatic rings. The summed E-state index contributed by atoms with van der Waals surface area (Å²) in [6.07, 6.45) is 6.33. The lowest BCUT2D eigenvalue weighted by atomic mass is 10.00. The van der Waals surface area contributed by atoms with Gasteiger partial charge in [0.25, 0.3) is 5.82 Å². The second-order valence-corrected chi connectivity index (χ2v) is 8.88. The van der Waals surface area contributed by atoms with Crippen LogP contribution in [0.15, 0.2) is 42.9 Å². The van der Waals surface area contributed by atoms with E-state index in [2.05, 4.69) is 115 Å². The Balaban J connectivity index is 1.88. The molecule has 0 bridgehead atoms. The maximum absolute atomic E-state index is 4.69. The summed E-state index contributed by atoms with van der Waals surface area (Å²) in [6.45, 7) is 13.5. The third-order valence-corrected chi connectivity index (χ3v) is 6.38. The number of imidazole rings is 2. The van der Waals surface area contributed by atoms with Gasteiger partial charge in [-0.2, -0.15) is 0 Å². The van der Waals surface area contributed by atoms with Crippen molar-refractivity contribution in [2.24, 2.45) is 14.1 Å². The molecule has 3 heterocycles. The summed E-state index contributed by atoms with van der Waals surface area (Å²) < 4.78 is 6.76. The fourth-order valence-corrected chi connectivity index (χ4v) is 4.93. The van der Waals surface area contributed by atoms with E-state index in [0.29, 0.717) is 6.04 Å². The molecule has 0 aliphatic carbocycles. The van der Waals surface area contributed by atoms with Crippen molar-refractivity contribution < 1.29 is 4.57 Å². The number of para-hydroxylation sites is 2. The number of aryl methyl sites for hydroxylation is 1. The molecule has 29 heavy (non-hydrogen) atoms. The summed E-state index contributed by atoms with van der Waals surface area (Å²) in [7, 11) is 4.23. The van der Waals surface area contributed by atoms with E-state index in [4.69, 9.17) is 0 Å². The lowest BCUT2D eigenvalue weighted by molar-refractivity contribution is -0.721. The summed E-state index contributed by atoms with van der Waals surface area (Å²) in [6, 6.07) is 9.12. The molecule has 6 heteroatoms. The van der Waals surface area contributed by atoms with Crippen LogP contribution in [-0.4, -0.2) is 20.3 Å². The van der Waals surface area contributed by atoms with E-state index in [0.717, 1.165) is 5.82 Å². The Hall–Kier alpha value is -2.76. The molecule has 0 N–H and O–H groups in total. The summed E-state index contributed by atoms with van der Waals surface area (Å²) in [5.41, 5.74) is 2.21. The van der Waals surface area contributed by atoms with Crippen LogP contribution in [0.4, 0.5) is 17.2 Å². The quantitative estimate of drug-likeness (QED) is 0.624. The van der Waals surface area contributed by atoms with Gasteiger partial charge in [0, 0.05) is 26.4 Å². The van der Waals surface area contributed by atoms with Gasteiger partial charge in [-0.25, -0.2) is 14.1 Å². The number of hydrogen-bond donors (Lipinski definition) is 0. The van der Waals surface area contributed by atoms with Crippen LogP contribution in [0.25, 0.3) is 0 Å². The Morgan fingerprint density at radius 2 is 1.76 bits per heavy atom. The number of hydrogen-bond acceptors (Lipinski definition) is 3. The average molecular weight is 394 g/mol. The van der Waals surface area contributed by atoms with E-state index < -0.39 is 0 Å². The molecule has 1 aromatic carbocycles. The molecule has 6 nitrogen and oxygen atoms in total. The standard InChI is InChI=1S/C23H33N6/c1-16(2)27-15-21(26(8)17(27)3)28-18(4)29(20-12-10-9-11-19(20)28)23(5,6)22-24-13-14-25(22)7/h9-16,18H,1-8H3/q+1/t18-/m1/s1. The van der Waals surface area contributed by atoms with Crippen LogP contribution < -0.4 is 14.4 Å². The van der Waals surface area contributed by atoms with Crippen molar-refractivity contribution in [3.63, 3.8) is 0 Å². The molecule has 1 atom stereocenters.